The minimum absolute atomic E-state index is 0.000347. The SMILES string of the molecule is CCCCOC[C@H]1O[C@@H](c2cnc(C(=NC(=N)SC)OCC)[nH]2)C[C@@H]1OCCCC. The quantitative estimate of drug-likeness (QED) is 0.285. The molecular weight excluding hydrogens is 404 g/mol. The van der Waals surface area contributed by atoms with Crippen LogP contribution < -0.4 is 0 Å². The summed E-state index contributed by atoms with van der Waals surface area (Å²) in [7, 11) is 0. The molecule has 170 valence electrons. The van der Waals surface area contributed by atoms with Crippen molar-refractivity contribution in [3.8, 4) is 0 Å². The van der Waals surface area contributed by atoms with Crippen LogP contribution in [0.4, 0.5) is 0 Å². The number of imidazole rings is 1. The van der Waals surface area contributed by atoms with Crippen molar-refractivity contribution in [1.82, 2.24) is 9.97 Å². The van der Waals surface area contributed by atoms with Gasteiger partial charge in [0.1, 0.15) is 12.2 Å². The lowest BCUT2D eigenvalue weighted by Gasteiger charge is -2.19. The summed E-state index contributed by atoms with van der Waals surface area (Å²) in [6, 6.07) is 0. The van der Waals surface area contributed by atoms with E-state index in [9.17, 15) is 0 Å². The molecule has 0 saturated carbocycles. The Morgan fingerprint density at radius 1 is 1.30 bits per heavy atom. The van der Waals surface area contributed by atoms with Gasteiger partial charge in [-0.3, -0.25) is 5.41 Å². The van der Waals surface area contributed by atoms with E-state index in [-0.39, 0.29) is 23.5 Å². The number of H-pyrrole nitrogens is 1. The molecule has 1 aromatic heterocycles. The number of unbranched alkanes of at least 4 members (excludes halogenated alkanes) is 2. The Hall–Kier alpha value is -1.42. The monoisotopic (exact) mass is 440 g/mol. The van der Waals surface area contributed by atoms with E-state index in [4.69, 9.17) is 24.4 Å². The summed E-state index contributed by atoms with van der Waals surface area (Å²) in [5.41, 5.74) is 0.855. The van der Waals surface area contributed by atoms with Gasteiger partial charge in [-0.25, -0.2) is 4.98 Å². The molecule has 0 aliphatic carbocycles. The van der Waals surface area contributed by atoms with Crippen molar-refractivity contribution >= 4 is 22.8 Å². The third-order valence-corrected chi connectivity index (χ3v) is 5.25. The molecule has 0 aromatic carbocycles. The zero-order chi connectivity index (χ0) is 21.8. The molecule has 3 atom stereocenters. The highest BCUT2D eigenvalue weighted by Gasteiger charge is 2.38. The van der Waals surface area contributed by atoms with E-state index in [0.29, 0.717) is 24.9 Å². The highest BCUT2D eigenvalue weighted by Crippen LogP contribution is 2.34. The van der Waals surface area contributed by atoms with Gasteiger partial charge < -0.3 is 23.9 Å². The maximum Gasteiger partial charge on any atom is 0.260 e. The standard InChI is InChI=1S/C21H36N4O4S/c1-5-8-10-26-14-18-17(28-11-9-6-2)12-16(29-18)15-13-23-19(24-15)20(27-7-3)25-21(22)30-4/h13,16-18,22H,5-12,14H2,1-4H3,(H,23,24)/t16-,17+,18-/m1/s1. The highest BCUT2D eigenvalue weighted by molar-refractivity contribution is 8.13. The fraction of sp³-hybridized carbons (Fsp3) is 0.762. The minimum Gasteiger partial charge on any atom is -0.475 e. The van der Waals surface area contributed by atoms with E-state index in [0.717, 1.165) is 51.0 Å². The van der Waals surface area contributed by atoms with Gasteiger partial charge in [0.05, 0.1) is 31.2 Å². The molecule has 1 aliphatic heterocycles. The van der Waals surface area contributed by atoms with Gasteiger partial charge in [0.15, 0.2) is 11.0 Å². The third-order valence-electron chi connectivity index (χ3n) is 4.78. The van der Waals surface area contributed by atoms with E-state index < -0.39 is 0 Å². The maximum absolute atomic E-state index is 7.80. The summed E-state index contributed by atoms with van der Waals surface area (Å²) < 4.78 is 23.8. The summed E-state index contributed by atoms with van der Waals surface area (Å²) in [6.07, 6.45) is 8.34. The van der Waals surface area contributed by atoms with Gasteiger partial charge in [-0.15, -0.1) is 0 Å². The first kappa shape index (κ1) is 24.8. The van der Waals surface area contributed by atoms with Crippen LogP contribution in [0, 0.1) is 5.41 Å². The molecule has 0 radical (unpaired) electrons. The van der Waals surface area contributed by atoms with Gasteiger partial charge in [0.25, 0.3) is 5.90 Å². The normalized spacial score (nSPS) is 21.9. The van der Waals surface area contributed by atoms with Crippen molar-refractivity contribution in [3.63, 3.8) is 0 Å². The highest BCUT2D eigenvalue weighted by atomic mass is 32.2. The number of hydrogen-bond donors (Lipinski definition) is 2. The lowest BCUT2D eigenvalue weighted by Crippen LogP contribution is -2.29. The van der Waals surface area contributed by atoms with Gasteiger partial charge in [0.2, 0.25) is 0 Å². The molecule has 1 fully saturated rings. The Morgan fingerprint density at radius 3 is 2.77 bits per heavy atom. The molecular formula is C21H36N4O4S. The second kappa shape index (κ2) is 13.8. The maximum atomic E-state index is 7.80. The lowest BCUT2D eigenvalue weighted by atomic mass is 10.1. The molecule has 0 unspecified atom stereocenters. The largest absolute Gasteiger partial charge is 0.475 e. The smallest absolute Gasteiger partial charge is 0.260 e. The first-order valence-electron chi connectivity index (χ1n) is 10.9. The zero-order valence-electron chi connectivity index (χ0n) is 18.6. The van der Waals surface area contributed by atoms with Crippen LogP contribution in [0.2, 0.25) is 0 Å². The number of ether oxygens (including phenoxy) is 4. The van der Waals surface area contributed by atoms with Crippen LogP contribution in [0.15, 0.2) is 11.2 Å². The van der Waals surface area contributed by atoms with Crippen LogP contribution >= 0.6 is 11.8 Å². The summed E-state index contributed by atoms with van der Waals surface area (Å²) in [6.45, 7) is 8.64. The fourth-order valence-electron chi connectivity index (χ4n) is 3.10. The van der Waals surface area contributed by atoms with E-state index in [2.05, 4.69) is 28.8 Å². The number of aliphatic imine (C=N–C) groups is 1. The van der Waals surface area contributed by atoms with E-state index in [1.54, 1.807) is 12.5 Å². The van der Waals surface area contributed by atoms with Crippen molar-refractivity contribution in [3.05, 3.63) is 17.7 Å². The first-order valence-corrected chi connectivity index (χ1v) is 12.1. The van der Waals surface area contributed by atoms with Gasteiger partial charge in [-0.1, -0.05) is 38.5 Å². The Labute approximate surface area is 184 Å². The van der Waals surface area contributed by atoms with E-state index >= 15 is 0 Å². The van der Waals surface area contributed by atoms with Crippen LogP contribution in [0.3, 0.4) is 0 Å². The Morgan fingerprint density at radius 2 is 2.07 bits per heavy atom. The summed E-state index contributed by atoms with van der Waals surface area (Å²) in [4.78, 5) is 11.9. The predicted molar refractivity (Wildman–Crippen MR) is 121 cm³/mol. The number of thioether (sulfide) groups is 1. The second-order valence-corrected chi connectivity index (χ2v) is 7.93. The predicted octanol–water partition coefficient (Wildman–Crippen LogP) is 4.32. The van der Waals surface area contributed by atoms with Gasteiger partial charge >= 0.3 is 0 Å². The molecule has 9 heteroatoms. The summed E-state index contributed by atoms with van der Waals surface area (Å²) in [5, 5.41) is 7.96. The van der Waals surface area contributed by atoms with Crippen molar-refractivity contribution in [2.45, 2.75) is 71.2 Å². The molecule has 2 rings (SSSR count). The number of nitrogens with zero attached hydrogens (tertiary/aromatic N) is 2. The topological polar surface area (TPSA) is 102 Å². The van der Waals surface area contributed by atoms with Gasteiger partial charge in [-0.2, -0.15) is 4.99 Å². The number of nitrogens with one attached hydrogen (secondary N) is 2. The fourth-order valence-corrected chi connectivity index (χ4v) is 3.27. The molecule has 0 spiro atoms. The van der Waals surface area contributed by atoms with Crippen LogP contribution in [-0.2, 0) is 18.9 Å². The molecule has 1 aliphatic rings. The van der Waals surface area contributed by atoms with Crippen molar-refractivity contribution < 1.29 is 18.9 Å². The number of rotatable bonds is 12. The number of hydrogen-bond acceptors (Lipinski definition) is 7. The van der Waals surface area contributed by atoms with Crippen LogP contribution in [-0.4, -0.2) is 65.9 Å². The lowest BCUT2D eigenvalue weighted by molar-refractivity contribution is -0.0655. The Bertz CT molecular complexity index is 667. The van der Waals surface area contributed by atoms with Crippen LogP contribution in [0.5, 0.6) is 0 Å². The number of amidine groups is 1. The Balaban J connectivity index is 2.06. The third kappa shape index (κ3) is 7.68. The average Bonchev–Trinajstić information content (AvgIpc) is 3.38. The zero-order valence-corrected chi connectivity index (χ0v) is 19.4. The van der Waals surface area contributed by atoms with Crippen LogP contribution in [0.25, 0.3) is 0 Å². The van der Waals surface area contributed by atoms with Crippen molar-refractivity contribution in [1.29, 1.82) is 5.41 Å². The molecule has 0 amide bonds. The summed E-state index contributed by atoms with van der Waals surface area (Å²) in [5.74, 6) is 0.816. The Kier molecular flexibility index (Phi) is 11.4. The number of aromatic nitrogens is 2. The van der Waals surface area contributed by atoms with E-state index in [1.165, 1.54) is 11.8 Å². The molecule has 2 heterocycles. The minimum atomic E-state index is -0.152. The molecule has 2 N–H and O–H groups in total. The molecule has 1 saturated heterocycles. The van der Waals surface area contributed by atoms with E-state index in [1.807, 2.05) is 6.92 Å². The second-order valence-electron chi connectivity index (χ2n) is 7.14. The molecule has 8 nitrogen and oxygen atoms in total. The number of aromatic amines is 1. The van der Waals surface area contributed by atoms with Gasteiger partial charge in [0, 0.05) is 19.6 Å². The average molecular weight is 441 g/mol. The van der Waals surface area contributed by atoms with Gasteiger partial charge in [-0.05, 0) is 26.0 Å². The molecule has 30 heavy (non-hydrogen) atoms. The molecule has 1 aromatic rings. The van der Waals surface area contributed by atoms with Crippen molar-refractivity contribution in [2.24, 2.45) is 4.99 Å². The van der Waals surface area contributed by atoms with Crippen LogP contribution in [0.1, 0.15) is 70.5 Å². The first-order chi connectivity index (χ1) is 14.6. The molecule has 0 bridgehead atoms. The van der Waals surface area contributed by atoms with Crippen molar-refractivity contribution in [2.75, 3.05) is 32.7 Å². The summed E-state index contributed by atoms with van der Waals surface area (Å²) >= 11 is 1.25.